The van der Waals surface area contributed by atoms with E-state index >= 15 is 0 Å². The molecule has 3 nitrogen and oxygen atoms in total. The Labute approximate surface area is 111 Å². The maximum Gasteiger partial charge on any atom is 0.158 e. The highest BCUT2D eigenvalue weighted by molar-refractivity contribution is 6.01. The first-order valence-corrected chi connectivity index (χ1v) is 6.15. The van der Waals surface area contributed by atoms with Crippen LogP contribution in [-0.2, 0) is 4.84 Å². The third-order valence-corrected chi connectivity index (χ3v) is 3.19. The minimum Gasteiger partial charge on any atom is -0.387 e. The molecule has 92 valence electrons. The van der Waals surface area contributed by atoms with Crippen LogP contribution < -0.4 is 0 Å². The van der Waals surface area contributed by atoms with Gasteiger partial charge in [-0.2, -0.15) is 5.26 Å². The molecule has 2 aromatic carbocycles. The predicted molar refractivity (Wildman–Crippen MR) is 72.6 cm³/mol. The van der Waals surface area contributed by atoms with Gasteiger partial charge in [-0.3, -0.25) is 0 Å². The Balaban J connectivity index is 1.76. The van der Waals surface area contributed by atoms with E-state index in [1.54, 1.807) is 12.1 Å². The molecule has 1 heterocycles. The molecular formula is C16H12N2O. The second-order valence-electron chi connectivity index (χ2n) is 4.44. The number of nitrogens with zero attached hydrogens (tertiary/aromatic N) is 2. The van der Waals surface area contributed by atoms with E-state index in [1.165, 1.54) is 0 Å². The van der Waals surface area contributed by atoms with Gasteiger partial charge in [-0.25, -0.2) is 0 Å². The van der Waals surface area contributed by atoms with Gasteiger partial charge in [0.2, 0.25) is 0 Å². The Morgan fingerprint density at radius 2 is 1.79 bits per heavy atom. The molecule has 0 aromatic heterocycles. The fourth-order valence-electron chi connectivity index (χ4n) is 2.13. The molecule has 19 heavy (non-hydrogen) atoms. The lowest BCUT2D eigenvalue weighted by molar-refractivity contribution is 0.0857. The Morgan fingerprint density at radius 3 is 2.47 bits per heavy atom. The minimum atomic E-state index is -0.00755. The molecule has 0 fully saturated rings. The molecule has 0 saturated heterocycles. The fourth-order valence-corrected chi connectivity index (χ4v) is 2.13. The monoisotopic (exact) mass is 248 g/mol. The molecule has 0 amide bonds. The van der Waals surface area contributed by atoms with E-state index in [2.05, 4.69) is 11.2 Å². The van der Waals surface area contributed by atoms with Crippen LogP contribution in [0.3, 0.4) is 0 Å². The predicted octanol–water partition coefficient (Wildman–Crippen LogP) is 3.42. The molecule has 0 saturated carbocycles. The van der Waals surface area contributed by atoms with Crippen molar-refractivity contribution in [3.8, 4) is 6.07 Å². The molecule has 0 aliphatic carbocycles. The summed E-state index contributed by atoms with van der Waals surface area (Å²) >= 11 is 0. The van der Waals surface area contributed by atoms with Crippen molar-refractivity contribution in [1.82, 2.24) is 0 Å². The number of oxime groups is 1. The highest BCUT2D eigenvalue weighted by atomic mass is 16.6. The summed E-state index contributed by atoms with van der Waals surface area (Å²) in [5, 5.41) is 12.9. The quantitative estimate of drug-likeness (QED) is 0.817. The fraction of sp³-hybridized carbons (Fsp3) is 0.125. The van der Waals surface area contributed by atoms with Gasteiger partial charge in [0.05, 0.1) is 17.3 Å². The summed E-state index contributed by atoms with van der Waals surface area (Å²) in [7, 11) is 0. The molecule has 0 N–H and O–H groups in total. The number of hydrogen-bond donors (Lipinski definition) is 0. The van der Waals surface area contributed by atoms with E-state index in [1.807, 2.05) is 42.5 Å². The van der Waals surface area contributed by atoms with Gasteiger partial charge in [0.1, 0.15) is 0 Å². The van der Waals surface area contributed by atoms with Gasteiger partial charge in [-0.15, -0.1) is 0 Å². The number of rotatable bonds is 2. The van der Waals surface area contributed by atoms with Crippen LogP contribution in [0.25, 0.3) is 0 Å². The first kappa shape index (κ1) is 11.5. The Hall–Kier alpha value is -2.60. The summed E-state index contributed by atoms with van der Waals surface area (Å²) in [6.45, 7) is 0. The average Bonchev–Trinajstić information content (AvgIpc) is 2.98. The highest BCUT2D eigenvalue weighted by Gasteiger charge is 2.23. The SMILES string of the molecule is N#Cc1ccc(C2=NOC(c3ccccc3)C2)cc1. The van der Waals surface area contributed by atoms with Crippen molar-refractivity contribution in [3.05, 3.63) is 71.3 Å². The van der Waals surface area contributed by atoms with Crippen molar-refractivity contribution < 1.29 is 4.84 Å². The first-order valence-electron chi connectivity index (χ1n) is 6.15. The summed E-state index contributed by atoms with van der Waals surface area (Å²) in [5.74, 6) is 0. The average molecular weight is 248 g/mol. The second kappa shape index (κ2) is 4.95. The summed E-state index contributed by atoms with van der Waals surface area (Å²) in [4.78, 5) is 5.49. The number of benzene rings is 2. The summed E-state index contributed by atoms with van der Waals surface area (Å²) in [6, 6.07) is 19.6. The van der Waals surface area contributed by atoms with Crippen LogP contribution in [0.5, 0.6) is 0 Å². The van der Waals surface area contributed by atoms with E-state index < -0.39 is 0 Å². The minimum absolute atomic E-state index is 0.00755. The Morgan fingerprint density at radius 1 is 1.05 bits per heavy atom. The highest BCUT2D eigenvalue weighted by Crippen LogP contribution is 2.29. The maximum atomic E-state index is 8.78. The van der Waals surface area contributed by atoms with Crippen LogP contribution in [-0.4, -0.2) is 5.71 Å². The van der Waals surface area contributed by atoms with Crippen LogP contribution in [0.4, 0.5) is 0 Å². The van der Waals surface area contributed by atoms with Crippen LogP contribution >= 0.6 is 0 Å². The van der Waals surface area contributed by atoms with Gasteiger partial charge < -0.3 is 4.84 Å². The van der Waals surface area contributed by atoms with E-state index in [-0.39, 0.29) is 6.10 Å². The van der Waals surface area contributed by atoms with Gasteiger partial charge in [0.25, 0.3) is 0 Å². The number of hydrogen-bond acceptors (Lipinski definition) is 3. The topological polar surface area (TPSA) is 45.4 Å². The molecule has 1 unspecified atom stereocenters. The third-order valence-electron chi connectivity index (χ3n) is 3.19. The molecule has 1 aliphatic heterocycles. The van der Waals surface area contributed by atoms with Crippen molar-refractivity contribution in [2.75, 3.05) is 0 Å². The lowest BCUT2D eigenvalue weighted by Crippen LogP contribution is -2.01. The maximum absolute atomic E-state index is 8.78. The zero-order valence-electron chi connectivity index (χ0n) is 10.3. The number of nitriles is 1. The van der Waals surface area contributed by atoms with Crippen molar-refractivity contribution in [1.29, 1.82) is 5.26 Å². The van der Waals surface area contributed by atoms with Crippen molar-refractivity contribution >= 4 is 5.71 Å². The van der Waals surface area contributed by atoms with Gasteiger partial charge in [0.15, 0.2) is 6.10 Å². The summed E-state index contributed by atoms with van der Waals surface area (Å²) < 4.78 is 0. The standard InChI is InChI=1S/C16H12N2O/c17-11-12-6-8-13(9-7-12)15-10-16(19-18-15)14-4-2-1-3-5-14/h1-9,16H,10H2. The van der Waals surface area contributed by atoms with Crippen LogP contribution in [0.15, 0.2) is 59.8 Å². The van der Waals surface area contributed by atoms with Gasteiger partial charge in [0, 0.05) is 6.42 Å². The molecular weight excluding hydrogens is 236 g/mol. The van der Waals surface area contributed by atoms with Crippen molar-refractivity contribution in [3.63, 3.8) is 0 Å². The first-order chi connectivity index (χ1) is 9.36. The normalized spacial score (nSPS) is 17.4. The molecule has 2 aromatic rings. The summed E-state index contributed by atoms with van der Waals surface area (Å²) in [6.07, 6.45) is 0.752. The van der Waals surface area contributed by atoms with E-state index in [0.717, 1.165) is 23.3 Å². The van der Waals surface area contributed by atoms with Gasteiger partial charge in [-0.1, -0.05) is 47.6 Å². The zero-order valence-corrected chi connectivity index (χ0v) is 10.3. The lowest BCUT2D eigenvalue weighted by Gasteiger charge is -2.07. The Kier molecular flexibility index (Phi) is 2.99. The zero-order chi connectivity index (χ0) is 13.1. The second-order valence-corrected chi connectivity index (χ2v) is 4.44. The van der Waals surface area contributed by atoms with Crippen molar-refractivity contribution in [2.24, 2.45) is 5.16 Å². The van der Waals surface area contributed by atoms with Gasteiger partial charge >= 0.3 is 0 Å². The largest absolute Gasteiger partial charge is 0.387 e. The van der Waals surface area contributed by atoms with Crippen molar-refractivity contribution in [2.45, 2.75) is 12.5 Å². The molecule has 0 spiro atoms. The van der Waals surface area contributed by atoms with Crippen LogP contribution in [0, 0.1) is 11.3 Å². The van der Waals surface area contributed by atoms with Gasteiger partial charge in [-0.05, 0) is 23.3 Å². The van der Waals surface area contributed by atoms with E-state index in [0.29, 0.717) is 5.56 Å². The smallest absolute Gasteiger partial charge is 0.158 e. The lowest BCUT2D eigenvalue weighted by atomic mass is 10.00. The van der Waals surface area contributed by atoms with E-state index in [9.17, 15) is 0 Å². The summed E-state index contributed by atoms with van der Waals surface area (Å²) in [5.41, 5.74) is 3.73. The molecule has 3 rings (SSSR count). The molecule has 1 atom stereocenters. The molecule has 0 radical (unpaired) electrons. The molecule has 3 heteroatoms. The Bertz CT molecular complexity index is 639. The molecule has 1 aliphatic rings. The third kappa shape index (κ3) is 2.34. The van der Waals surface area contributed by atoms with E-state index in [4.69, 9.17) is 10.1 Å². The van der Waals surface area contributed by atoms with Crippen LogP contribution in [0.1, 0.15) is 29.2 Å². The molecule has 0 bridgehead atoms. The van der Waals surface area contributed by atoms with Crippen LogP contribution in [0.2, 0.25) is 0 Å².